The van der Waals surface area contributed by atoms with Crippen molar-refractivity contribution in [2.24, 2.45) is 0 Å². The molecule has 0 saturated carbocycles. The van der Waals surface area contributed by atoms with Gasteiger partial charge in [-0.1, -0.05) is 115 Å². The molecule has 0 aliphatic carbocycles. The van der Waals surface area contributed by atoms with Gasteiger partial charge in [-0.15, -0.1) is 0 Å². The number of unbranched alkanes of at least 4 members (excludes halogenated alkanes) is 14. The summed E-state index contributed by atoms with van der Waals surface area (Å²) in [7, 11) is 0. The van der Waals surface area contributed by atoms with Crippen LogP contribution in [0.4, 0.5) is 0 Å². The Kier molecular flexibility index (Phi) is 15.0. The molecule has 0 amide bonds. The number of carbonyl (C=O) groups excluding carboxylic acids is 1. The van der Waals surface area contributed by atoms with Gasteiger partial charge in [-0.05, 0) is 12.5 Å². The van der Waals surface area contributed by atoms with Crippen LogP contribution in [0.3, 0.4) is 0 Å². The molecular weight excluding hydrogens is 320 g/mol. The highest BCUT2D eigenvalue weighted by Gasteiger charge is 2.04. The quantitative estimate of drug-likeness (QED) is 0.162. The fraction of sp³-hybridized carbons (Fsp3) is 0.708. The summed E-state index contributed by atoms with van der Waals surface area (Å²) in [5.74, 6) is 0.389. The van der Waals surface area contributed by atoms with Crippen LogP contribution in [0.15, 0.2) is 24.3 Å². The van der Waals surface area contributed by atoms with E-state index in [1.54, 1.807) is 12.1 Å². The highest BCUT2D eigenvalue weighted by molar-refractivity contribution is 5.72. The Labute approximate surface area is 161 Å². The highest BCUT2D eigenvalue weighted by atomic mass is 16.5. The molecule has 147 valence electrons. The van der Waals surface area contributed by atoms with Crippen molar-refractivity contribution in [1.82, 2.24) is 0 Å². The van der Waals surface area contributed by atoms with Crippen LogP contribution >= 0.6 is 0 Å². The van der Waals surface area contributed by atoms with Gasteiger partial charge in [-0.2, -0.15) is 0 Å². The van der Waals surface area contributed by atoms with Gasteiger partial charge in [0, 0.05) is 12.5 Å². The molecule has 2 nitrogen and oxygen atoms in total. The molecule has 0 bridgehead atoms. The number of benzene rings is 1. The molecule has 0 unspecified atom stereocenters. The summed E-state index contributed by atoms with van der Waals surface area (Å²) in [6, 6.07) is 10.2. The summed E-state index contributed by atoms with van der Waals surface area (Å²) in [6.07, 6.45) is 20.6. The first-order chi connectivity index (χ1) is 12.8. The van der Waals surface area contributed by atoms with Crippen molar-refractivity contribution in [2.45, 2.75) is 110 Å². The van der Waals surface area contributed by atoms with Crippen molar-refractivity contribution >= 4 is 5.97 Å². The second-order valence-corrected chi connectivity index (χ2v) is 7.40. The van der Waals surface area contributed by atoms with E-state index in [1.165, 1.54) is 83.5 Å². The minimum Gasteiger partial charge on any atom is -0.426 e. The zero-order valence-electron chi connectivity index (χ0n) is 16.9. The summed E-state index contributed by atoms with van der Waals surface area (Å²) < 4.78 is 5.24. The topological polar surface area (TPSA) is 26.3 Å². The first-order valence-electron chi connectivity index (χ1n) is 11.0. The molecule has 0 aromatic heterocycles. The molecule has 0 atom stereocenters. The van der Waals surface area contributed by atoms with Crippen LogP contribution in [0, 0.1) is 6.07 Å². The van der Waals surface area contributed by atoms with Gasteiger partial charge in [0.2, 0.25) is 0 Å². The maximum Gasteiger partial charge on any atom is 0.311 e. The predicted octanol–water partition coefficient (Wildman–Crippen LogP) is 7.65. The second-order valence-electron chi connectivity index (χ2n) is 7.40. The zero-order valence-corrected chi connectivity index (χ0v) is 16.9. The van der Waals surface area contributed by atoms with Crippen LogP contribution < -0.4 is 4.74 Å². The summed E-state index contributed by atoms with van der Waals surface area (Å²) >= 11 is 0. The number of hydrogen-bond acceptors (Lipinski definition) is 2. The Bertz CT molecular complexity index is 427. The average Bonchev–Trinajstić information content (AvgIpc) is 2.65. The Hall–Kier alpha value is -1.31. The first kappa shape index (κ1) is 22.7. The van der Waals surface area contributed by atoms with E-state index in [2.05, 4.69) is 13.0 Å². The molecule has 0 aliphatic rings. The van der Waals surface area contributed by atoms with Crippen molar-refractivity contribution in [3.63, 3.8) is 0 Å². The van der Waals surface area contributed by atoms with Crippen molar-refractivity contribution in [3.8, 4) is 5.75 Å². The third-order valence-electron chi connectivity index (χ3n) is 4.89. The molecule has 2 heteroatoms. The van der Waals surface area contributed by atoms with Gasteiger partial charge in [-0.25, -0.2) is 0 Å². The lowest BCUT2D eigenvalue weighted by atomic mass is 10.0. The van der Waals surface area contributed by atoms with Gasteiger partial charge < -0.3 is 4.74 Å². The van der Waals surface area contributed by atoms with E-state index in [1.807, 2.05) is 12.1 Å². The van der Waals surface area contributed by atoms with Gasteiger partial charge >= 0.3 is 5.97 Å². The Morgan fingerprint density at radius 1 is 0.769 bits per heavy atom. The van der Waals surface area contributed by atoms with Crippen LogP contribution in [0.25, 0.3) is 0 Å². The lowest BCUT2D eigenvalue weighted by Crippen LogP contribution is -2.07. The van der Waals surface area contributed by atoms with Crippen molar-refractivity contribution < 1.29 is 9.53 Å². The molecule has 1 radical (unpaired) electrons. The third-order valence-corrected chi connectivity index (χ3v) is 4.89. The minimum absolute atomic E-state index is 0.137. The van der Waals surface area contributed by atoms with E-state index in [0.29, 0.717) is 12.2 Å². The molecule has 1 rings (SSSR count). The fourth-order valence-electron chi connectivity index (χ4n) is 3.25. The van der Waals surface area contributed by atoms with Crippen LogP contribution in [-0.4, -0.2) is 5.97 Å². The number of para-hydroxylation sites is 1. The molecule has 0 saturated heterocycles. The van der Waals surface area contributed by atoms with Gasteiger partial charge in [-0.3, -0.25) is 4.79 Å². The maximum atomic E-state index is 11.7. The highest BCUT2D eigenvalue weighted by Crippen LogP contribution is 2.14. The molecular formula is C24H39O2. The second kappa shape index (κ2) is 17.1. The first-order valence-corrected chi connectivity index (χ1v) is 11.0. The molecule has 26 heavy (non-hydrogen) atoms. The third kappa shape index (κ3) is 13.9. The van der Waals surface area contributed by atoms with Gasteiger partial charge in [0.1, 0.15) is 5.75 Å². The van der Waals surface area contributed by atoms with E-state index < -0.39 is 0 Å². The molecule has 0 heterocycles. The Morgan fingerprint density at radius 3 is 1.73 bits per heavy atom. The summed E-state index contributed by atoms with van der Waals surface area (Å²) in [5.41, 5.74) is 0. The number of carbonyl (C=O) groups is 1. The van der Waals surface area contributed by atoms with Gasteiger partial charge in [0.15, 0.2) is 0 Å². The lowest BCUT2D eigenvalue weighted by molar-refractivity contribution is -0.134. The molecule has 0 aliphatic heterocycles. The number of hydrogen-bond donors (Lipinski definition) is 0. The van der Waals surface area contributed by atoms with E-state index in [0.717, 1.165) is 12.8 Å². The smallest absolute Gasteiger partial charge is 0.311 e. The lowest BCUT2D eigenvalue weighted by Gasteiger charge is -2.04. The van der Waals surface area contributed by atoms with Crippen LogP contribution in [0.5, 0.6) is 5.75 Å². The summed E-state index contributed by atoms with van der Waals surface area (Å²) in [6.45, 7) is 2.28. The SMILES string of the molecule is CCCCCCCCCCCCCCCCCC(=O)Oc1[c]cccc1. The van der Waals surface area contributed by atoms with Crippen LogP contribution in [-0.2, 0) is 4.79 Å². The van der Waals surface area contributed by atoms with Gasteiger partial charge in [0.25, 0.3) is 0 Å². The van der Waals surface area contributed by atoms with E-state index in [4.69, 9.17) is 4.74 Å². The minimum atomic E-state index is -0.137. The molecule has 1 aromatic rings. The standard InChI is InChI=1S/C24H39O2/c1-2-3-4-5-6-7-8-9-10-11-12-13-14-15-19-22-24(25)26-23-20-17-16-18-21-23/h16-18,20H,2-15,19,22H2,1H3. The Morgan fingerprint density at radius 2 is 1.27 bits per heavy atom. The molecule has 0 N–H and O–H groups in total. The summed E-state index contributed by atoms with van der Waals surface area (Å²) in [4.78, 5) is 11.7. The summed E-state index contributed by atoms with van der Waals surface area (Å²) in [5, 5.41) is 0. The molecule has 1 aromatic carbocycles. The van der Waals surface area contributed by atoms with Gasteiger partial charge in [0.05, 0.1) is 0 Å². The van der Waals surface area contributed by atoms with E-state index in [-0.39, 0.29) is 5.97 Å². The number of ether oxygens (including phenoxy) is 1. The molecule has 0 spiro atoms. The predicted molar refractivity (Wildman–Crippen MR) is 110 cm³/mol. The van der Waals surface area contributed by atoms with Crippen molar-refractivity contribution in [1.29, 1.82) is 0 Å². The maximum absolute atomic E-state index is 11.7. The number of rotatable bonds is 17. The average molecular weight is 360 g/mol. The fourth-order valence-corrected chi connectivity index (χ4v) is 3.25. The monoisotopic (exact) mass is 359 g/mol. The van der Waals surface area contributed by atoms with E-state index >= 15 is 0 Å². The van der Waals surface area contributed by atoms with Crippen molar-refractivity contribution in [3.05, 3.63) is 30.3 Å². The zero-order chi connectivity index (χ0) is 18.7. The normalized spacial score (nSPS) is 10.8. The van der Waals surface area contributed by atoms with Crippen LogP contribution in [0.2, 0.25) is 0 Å². The van der Waals surface area contributed by atoms with Crippen LogP contribution in [0.1, 0.15) is 110 Å². The number of esters is 1. The van der Waals surface area contributed by atoms with Crippen molar-refractivity contribution in [2.75, 3.05) is 0 Å². The van der Waals surface area contributed by atoms with E-state index in [9.17, 15) is 4.79 Å². The molecule has 0 fully saturated rings. The largest absolute Gasteiger partial charge is 0.426 e. The Balaban J connectivity index is 1.77.